The third-order valence-corrected chi connectivity index (χ3v) is 6.16. The molecule has 2 aromatic heterocycles. The van der Waals surface area contributed by atoms with E-state index >= 15 is 0 Å². The predicted octanol–water partition coefficient (Wildman–Crippen LogP) is 4.22. The number of amides is 1. The van der Waals surface area contributed by atoms with Crippen molar-refractivity contribution in [1.29, 1.82) is 0 Å². The molecule has 0 bridgehead atoms. The van der Waals surface area contributed by atoms with E-state index in [1.807, 2.05) is 0 Å². The van der Waals surface area contributed by atoms with Crippen LogP contribution in [0, 0.1) is 11.6 Å². The number of hydrogen-bond acceptors (Lipinski definition) is 7. The Labute approximate surface area is 201 Å². The number of thioether (sulfide) groups is 1. The summed E-state index contributed by atoms with van der Waals surface area (Å²) in [5.41, 5.74) is 0.169. The zero-order valence-electron chi connectivity index (χ0n) is 18.6. The molecule has 1 atom stereocenters. The lowest BCUT2D eigenvalue weighted by Crippen LogP contribution is -2.27. The van der Waals surface area contributed by atoms with E-state index in [-0.39, 0.29) is 33.9 Å². The first-order valence-electron chi connectivity index (χ1n) is 10.3. The minimum atomic E-state index is -1.09. The number of nitrogens with one attached hydrogen (secondary N) is 1. The number of fused-ring (bicyclic) bond motifs is 1. The fourth-order valence-corrected chi connectivity index (χ4v) is 4.17. The van der Waals surface area contributed by atoms with Gasteiger partial charge < -0.3 is 14.5 Å². The maximum Gasteiger partial charge on any atom is 0.337 e. The van der Waals surface area contributed by atoms with Gasteiger partial charge in [0.05, 0.1) is 41.6 Å². The number of furan rings is 1. The van der Waals surface area contributed by atoms with E-state index in [4.69, 9.17) is 9.15 Å². The van der Waals surface area contributed by atoms with Crippen LogP contribution in [-0.4, -0.2) is 33.8 Å². The van der Waals surface area contributed by atoms with Crippen molar-refractivity contribution >= 4 is 40.2 Å². The van der Waals surface area contributed by atoms with Crippen molar-refractivity contribution in [2.24, 2.45) is 0 Å². The average molecular weight is 499 g/mol. The van der Waals surface area contributed by atoms with Gasteiger partial charge in [-0.15, -0.1) is 0 Å². The predicted molar refractivity (Wildman–Crippen MR) is 125 cm³/mol. The molecule has 1 unspecified atom stereocenters. The summed E-state index contributed by atoms with van der Waals surface area (Å²) in [5, 5.41) is 2.21. The van der Waals surface area contributed by atoms with Gasteiger partial charge in [-0.1, -0.05) is 11.8 Å². The topological polar surface area (TPSA) is 103 Å². The molecule has 0 radical (unpaired) electrons. The molecule has 1 amide bonds. The lowest BCUT2D eigenvalue weighted by molar-refractivity contribution is -0.115. The molecular weight excluding hydrogens is 480 g/mol. The average Bonchev–Trinajstić information content (AvgIpc) is 3.36. The van der Waals surface area contributed by atoms with E-state index in [9.17, 15) is 23.2 Å². The van der Waals surface area contributed by atoms with Gasteiger partial charge in [0.25, 0.3) is 5.56 Å². The van der Waals surface area contributed by atoms with Gasteiger partial charge in [-0.25, -0.2) is 18.6 Å². The molecule has 4 aromatic rings. The van der Waals surface area contributed by atoms with E-state index in [0.717, 1.165) is 23.9 Å². The highest BCUT2D eigenvalue weighted by Crippen LogP contribution is 2.25. The highest BCUT2D eigenvalue weighted by molar-refractivity contribution is 8.00. The summed E-state index contributed by atoms with van der Waals surface area (Å²) < 4.78 is 38.2. The Morgan fingerprint density at radius 2 is 1.97 bits per heavy atom. The van der Waals surface area contributed by atoms with Crippen molar-refractivity contribution in [2.75, 3.05) is 12.4 Å². The first-order valence-corrected chi connectivity index (χ1v) is 11.2. The van der Waals surface area contributed by atoms with Crippen LogP contribution < -0.4 is 10.9 Å². The number of carbonyl (C=O) groups excluding carboxylic acids is 2. The monoisotopic (exact) mass is 499 g/mol. The molecule has 0 fully saturated rings. The number of carbonyl (C=O) groups is 2. The number of esters is 1. The summed E-state index contributed by atoms with van der Waals surface area (Å²) in [4.78, 5) is 42.5. The van der Waals surface area contributed by atoms with Crippen LogP contribution >= 0.6 is 11.8 Å². The van der Waals surface area contributed by atoms with Crippen molar-refractivity contribution in [3.05, 3.63) is 88.1 Å². The van der Waals surface area contributed by atoms with Crippen LogP contribution in [0.15, 0.2) is 69.2 Å². The van der Waals surface area contributed by atoms with Crippen LogP contribution in [0.2, 0.25) is 0 Å². The second-order valence-corrected chi connectivity index (χ2v) is 8.77. The maximum atomic E-state index is 13.5. The summed E-state index contributed by atoms with van der Waals surface area (Å²) >= 11 is 0.990. The Morgan fingerprint density at radius 1 is 1.17 bits per heavy atom. The van der Waals surface area contributed by atoms with Crippen LogP contribution in [0.1, 0.15) is 23.0 Å². The molecule has 0 saturated carbocycles. The van der Waals surface area contributed by atoms with Crippen molar-refractivity contribution in [1.82, 2.24) is 9.55 Å². The molecule has 2 heterocycles. The minimum absolute atomic E-state index is 0.0629. The Kier molecular flexibility index (Phi) is 6.97. The molecule has 0 spiro atoms. The summed E-state index contributed by atoms with van der Waals surface area (Å²) in [5.74, 6) is -2.71. The summed E-state index contributed by atoms with van der Waals surface area (Å²) in [6, 6.07) is 10.8. The van der Waals surface area contributed by atoms with E-state index < -0.39 is 34.3 Å². The minimum Gasteiger partial charge on any atom is -0.467 e. The molecule has 8 nitrogen and oxygen atoms in total. The van der Waals surface area contributed by atoms with E-state index in [1.165, 1.54) is 42.2 Å². The van der Waals surface area contributed by atoms with Crippen LogP contribution in [0.5, 0.6) is 0 Å². The number of ether oxygens (including phenoxy) is 1. The number of halogens is 2. The normalized spacial score (nSPS) is 11.9. The number of anilines is 1. The first kappa shape index (κ1) is 24.1. The van der Waals surface area contributed by atoms with E-state index in [1.54, 1.807) is 19.1 Å². The standard InChI is InChI=1S/C24H19F2N3O5S/c1-13(21(30)27-15-6-8-18(25)19(26)11-15)35-24-28-20-10-14(23(32)33-2)5-7-17(20)22(31)29(24)12-16-4-3-9-34-16/h3-11,13H,12H2,1-2H3,(H,27,30). The van der Waals surface area contributed by atoms with Crippen molar-refractivity contribution < 1.29 is 27.5 Å². The number of methoxy groups -OCH3 is 1. The molecule has 35 heavy (non-hydrogen) atoms. The maximum absolute atomic E-state index is 13.5. The van der Waals surface area contributed by atoms with Crippen LogP contribution in [0.3, 0.4) is 0 Å². The number of aromatic nitrogens is 2. The quantitative estimate of drug-likeness (QED) is 0.231. The number of benzene rings is 2. The van der Waals surface area contributed by atoms with Gasteiger partial charge in [-0.2, -0.15) is 0 Å². The zero-order chi connectivity index (χ0) is 25.1. The highest BCUT2D eigenvalue weighted by Gasteiger charge is 2.21. The van der Waals surface area contributed by atoms with Gasteiger partial charge >= 0.3 is 5.97 Å². The van der Waals surface area contributed by atoms with Crippen LogP contribution in [-0.2, 0) is 16.1 Å². The largest absolute Gasteiger partial charge is 0.467 e. The third-order valence-electron chi connectivity index (χ3n) is 5.07. The van der Waals surface area contributed by atoms with E-state index in [0.29, 0.717) is 5.76 Å². The SMILES string of the molecule is COC(=O)c1ccc2c(=O)n(Cc3ccco3)c(SC(C)C(=O)Nc3ccc(F)c(F)c3)nc2c1. The van der Waals surface area contributed by atoms with Crippen LogP contribution in [0.25, 0.3) is 10.9 Å². The smallest absolute Gasteiger partial charge is 0.337 e. The summed E-state index contributed by atoms with van der Waals surface area (Å²) in [6.07, 6.45) is 1.47. The molecular formula is C24H19F2N3O5S. The van der Waals surface area contributed by atoms with Gasteiger partial charge in [0.2, 0.25) is 5.91 Å². The number of hydrogen-bond donors (Lipinski definition) is 1. The van der Waals surface area contributed by atoms with Gasteiger partial charge in [0.1, 0.15) is 5.76 Å². The summed E-state index contributed by atoms with van der Waals surface area (Å²) in [6.45, 7) is 1.64. The Bertz CT molecular complexity index is 1470. The first-order chi connectivity index (χ1) is 16.8. The fraction of sp³-hybridized carbons (Fsp3) is 0.167. The molecule has 2 aromatic carbocycles. The third kappa shape index (κ3) is 5.24. The second-order valence-electron chi connectivity index (χ2n) is 7.47. The van der Waals surface area contributed by atoms with Gasteiger partial charge in [-0.05, 0) is 49.4 Å². The van der Waals surface area contributed by atoms with Gasteiger partial charge in [-0.3, -0.25) is 14.2 Å². The highest BCUT2D eigenvalue weighted by atomic mass is 32.2. The van der Waals surface area contributed by atoms with Gasteiger partial charge in [0, 0.05) is 11.8 Å². The molecule has 0 saturated heterocycles. The van der Waals surface area contributed by atoms with Crippen molar-refractivity contribution in [2.45, 2.75) is 23.9 Å². The van der Waals surface area contributed by atoms with Gasteiger partial charge in [0.15, 0.2) is 16.8 Å². The van der Waals surface area contributed by atoms with E-state index in [2.05, 4.69) is 10.3 Å². The zero-order valence-corrected chi connectivity index (χ0v) is 19.4. The molecule has 4 rings (SSSR count). The Hall–Kier alpha value is -3.99. The second kappa shape index (κ2) is 10.1. The summed E-state index contributed by atoms with van der Waals surface area (Å²) in [7, 11) is 1.25. The lowest BCUT2D eigenvalue weighted by Gasteiger charge is -2.16. The Balaban J connectivity index is 1.69. The number of nitrogens with zero attached hydrogens (tertiary/aromatic N) is 2. The molecule has 0 aliphatic carbocycles. The van der Waals surface area contributed by atoms with Crippen molar-refractivity contribution in [3.63, 3.8) is 0 Å². The molecule has 11 heteroatoms. The fourth-order valence-electron chi connectivity index (χ4n) is 3.26. The molecule has 180 valence electrons. The lowest BCUT2D eigenvalue weighted by atomic mass is 10.1. The molecule has 1 N–H and O–H groups in total. The van der Waals surface area contributed by atoms with Crippen LogP contribution in [0.4, 0.5) is 14.5 Å². The molecule has 0 aliphatic rings. The van der Waals surface area contributed by atoms with Crippen molar-refractivity contribution in [3.8, 4) is 0 Å². The number of rotatable bonds is 7. The molecule has 0 aliphatic heterocycles. The Morgan fingerprint density at radius 3 is 2.66 bits per heavy atom.